The molecular weight excluding hydrogens is 646 g/mol. The summed E-state index contributed by atoms with van der Waals surface area (Å²) in [5, 5.41) is 41.1. The monoisotopic (exact) mass is 672 g/mol. The number of benzene rings is 4. The Labute approximate surface area is 314 Å². The molecule has 0 saturated carbocycles. The van der Waals surface area contributed by atoms with Crippen LogP contribution in [0.3, 0.4) is 0 Å². The van der Waals surface area contributed by atoms with Crippen LogP contribution in [-0.2, 0) is 14.9 Å². The van der Waals surface area contributed by atoms with Crippen molar-refractivity contribution < 1.29 is 32.8 Å². The third-order valence-electron chi connectivity index (χ3n) is 6.97. The number of rotatable bonds is 8. The number of amides is 1. The molecule has 4 aromatic rings. The Balaban J connectivity index is 0.00000300. The van der Waals surface area contributed by atoms with Gasteiger partial charge in [-0.25, -0.2) is 4.79 Å². The van der Waals surface area contributed by atoms with E-state index in [9.17, 15) is 32.8 Å². The van der Waals surface area contributed by atoms with Crippen LogP contribution >= 0.6 is 0 Å². The number of anilines is 1. The minimum Gasteiger partial charge on any atom is -0.507 e. The van der Waals surface area contributed by atoms with Gasteiger partial charge in [0.05, 0.1) is 33.4 Å². The molecule has 1 aliphatic rings. The van der Waals surface area contributed by atoms with Crippen molar-refractivity contribution in [2.75, 3.05) is 5.01 Å². The predicted molar refractivity (Wildman–Crippen MR) is 177 cm³/mol. The van der Waals surface area contributed by atoms with Gasteiger partial charge in [-0.05, 0) is 110 Å². The number of hydrogen-bond donors (Lipinski definition) is 3. The van der Waals surface area contributed by atoms with Crippen molar-refractivity contribution in [1.82, 2.24) is 0 Å². The van der Waals surface area contributed by atoms with Crippen LogP contribution in [0.5, 0.6) is 5.75 Å². The second-order valence-electron chi connectivity index (χ2n) is 10.2. The minimum atomic E-state index is -4.37. The van der Waals surface area contributed by atoms with E-state index in [0.717, 1.165) is 27.3 Å². The molecule has 230 valence electrons. The molecule has 4 aromatic carbocycles. The zero-order valence-corrected chi connectivity index (χ0v) is 31.0. The molecule has 16 heteroatoms. The minimum absolute atomic E-state index is 0. The van der Waals surface area contributed by atoms with Crippen LogP contribution in [0.2, 0.25) is 0 Å². The molecule has 1 aliphatic heterocycles. The van der Waals surface area contributed by atoms with Gasteiger partial charge in [-0.1, -0.05) is 12.1 Å². The Hall–Kier alpha value is -3.60. The van der Waals surface area contributed by atoms with Gasteiger partial charge in [0, 0.05) is 59.1 Å². The molecule has 1 unspecified atom stereocenters. The Morgan fingerprint density at radius 3 is 1.91 bits per heavy atom. The molecule has 0 fully saturated rings. The van der Waals surface area contributed by atoms with Gasteiger partial charge in [0.25, 0.3) is 16.0 Å². The van der Waals surface area contributed by atoms with Crippen LogP contribution in [0.25, 0.3) is 11.1 Å². The number of aryl methyl sites for hydroxylation is 2. The van der Waals surface area contributed by atoms with E-state index in [1.807, 2.05) is 38.1 Å². The first-order chi connectivity index (χ1) is 21.3. The van der Waals surface area contributed by atoms with Crippen molar-refractivity contribution in [3.63, 3.8) is 0 Å². The number of azo groups is 2. The number of carbonyl (C=O) groups is 2. The summed E-state index contributed by atoms with van der Waals surface area (Å²) in [7, 11) is -4.37. The summed E-state index contributed by atoms with van der Waals surface area (Å²) in [6.45, 7) is 5.39. The van der Waals surface area contributed by atoms with E-state index < -0.39 is 28.0 Å². The van der Waals surface area contributed by atoms with Gasteiger partial charge in [-0.2, -0.15) is 39.0 Å². The molecule has 1 amide bonds. The second kappa shape index (κ2) is 15.5. The number of hydrogen-bond acceptors (Lipinski definition) is 10. The van der Waals surface area contributed by atoms with Gasteiger partial charge in [-0.3, -0.25) is 9.35 Å². The zero-order valence-electron chi connectivity index (χ0n) is 26.1. The fourth-order valence-electron chi connectivity index (χ4n) is 4.52. The molecule has 5 rings (SSSR count). The molecule has 47 heavy (non-hydrogen) atoms. The maximum Gasteiger partial charge on any atom is 0.339 e. The van der Waals surface area contributed by atoms with Crippen molar-refractivity contribution in [3.8, 4) is 16.9 Å². The Morgan fingerprint density at radius 1 is 0.809 bits per heavy atom. The van der Waals surface area contributed by atoms with Crippen LogP contribution in [0.4, 0.5) is 22.7 Å². The number of carbonyl (C=O) groups excluding carboxylic acids is 1. The maximum atomic E-state index is 13.0. The van der Waals surface area contributed by atoms with E-state index in [2.05, 4.69) is 25.6 Å². The van der Waals surface area contributed by atoms with Crippen molar-refractivity contribution in [2.45, 2.75) is 31.7 Å². The summed E-state index contributed by atoms with van der Waals surface area (Å²) in [5.41, 5.74) is 5.40. The second-order valence-corrected chi connectivity index (χ2v) is 11.6. The molecule has 2 radical (unpaired) electrons. The standard InChI is InChI=1S/C31H26N6O7S.2Na/c1-17-14-20(4-11-26(17)33-32-22-6-13-28(38)25(16-22)31(40)41)21-5-12-27(18(2)15-21)34-35-29-19(3)36-37(30(29)39)23-7-9-24(10-8-23)45(42,43)44;;/h4-16,29,38H,1-3H3,(H,40,41)(H,42,43,44);;. The van der Waals surface area contributed by atoms with Crippen molar-refractivity contribution in [2.24, 2.45) is 25.6 Å². The van der Waals surface area contributed by atoms with Gasteiger partial charge >= 0.3 is 5.97 Å². The third-order valence-corrected chi connectivity index (χ3v) is 7.83. The SMILES string of the molecule is CC1=NN(c2ccc(S(=O)(=O)O)cc2)C(=O)C1N=Nc1ccc(-c2ccc(N=Nc3ccc(O)c(C(=O)O)c3)c(C)c2)cc1C.[Na].[Na]. The molecule has 0 aromatic heterocycles. The van der Waals surface area contributed by atoms with E-state index in [4.69, 9.17) is 0 Å². The van der Waals surface area contributed by atoms with E-state index in [1.54, 1.807) is 19.1 Å². The Bertz CT molecular complexity index is 2050. The number of phenols is 1. The molecule has 0 bridgehead atoms. The van der Waals surface area contributed by atoms with Crippen LogP contribution in [-0.4, -0.2) is 106 Å². The first-order valence-electron chi connectivity index (χ1n) is 13.4. The Morgan fingerprint density at radius 2 is 1.38 bits per heavy atom. The average Bonchev–Trinajstić information content (AvgIpc) is 3.28. The fraction of sp³-hybridized carbons (Fsp3) is 0.129. The molecule has 0 spiro atoms. The van der Waals surface area contributed by atoms with Crippen LogP contribution < -0.4 is 5.01 Å². The summed E-state index contributed by atoms with van der Waals surface area (Å²) < 4.78 is 31.8. The van der Waals surface area contributed by atoms with Crippen molar-refractivity contribution >= 4 is 110 Å². The molecule has 3 N–H and O–H groups in total. The number of nitrogens with zero attached hydrogens (tertiary/aromatic N) is 6. The summed E-state index contributed by atoms with van der Waals surface area (Å²) in [4.78, 5) is 24.0. The van der Waals surface area contributed by atoms with E-state index in [-0.39, 0.29) is 81.0 Å². The first-order valence-corrected chi connectivity index (χ1v) is 14.8. The summed E-state index contributed by atoms with van der Waals surface area (Å²) >= 11 is 0. The zero-order chi connectivity index (χ0) is 32.5. The first kappa shape index (κ1) is 37.9. The Kier molecular flexibility index (Phi) is 12.5. The van der Waals surface area contributed by atoms with Crippen molar-refractivity contribution in [1.29, 1.82) is 0 Å². The topological polar surface area (TPSA) is 194 Å². The van der Waals surface area contributed by atoms with E-state index in [0.29, 0.717) is 22.8 Å². The van der Waals surface area contributed by atoms with Crippen molar-refractivity contribution in [3.05, 3.63) is 95.6 Å². The van der Waals surface area contributed by atoms with Gasteiger partial charge in [-0.15, -0.1) is 0 Å². The molecule has 0 aliphatic carbocycles. The summed E-state index contributed by atoms with van der Waals surface area (Å²) in [6, 6.07) is 19.3. The average molecular weight is 673 g/mol. The van der Waals surface area contributed by atoms with Gasteiger partial charge < -0.3 is 10.2 Å². The number of carboxylic acid groups (broad SMARTS) is 1. The van der Waals surface area contributed by atoms with E-state index in [1.165, 1.54) is 42.5 Å². The number of aromatic carboxylic acids is 1. The summed E-state index contributed by atoms with van der Waals surface area (Å²) in [6.07, 6.45) is 0. The van der Waals surface area contributed by atoms with E-state index >= 15 is 0 Å². The van der Waals surface area contributed by atoms with Crippen LogP contribution in [0.1, 0.15) is 28.4 Å². The third kappa shape index (κ3) is 8.66. The van der Waals surface area contributed by atoms with Crippen LogP contribution in [0, 0.1) is 13.8 Å². The number of aromatic hydroxyl groups is 1. The smallest absolute Gasteiger partial charge is 0.339 e. The fourth-order valence-corrected chi connectivity index (χ4v) is 5.00. The number of carboxylic acids is 1. The normalized spacial score (nSPS) is 14.6. The molecule has 1 atom stereocenters. The van der Waals surface area contributed by atoms with Crippen LogP contribution in [0.15, 0.2) is 109 Å². The van der Waals surface area contributed by atoms with Gasteiger partial charge in [0.1, 0.15) is 11.3 Å². The maximum absolute atomic E-state index is 13.0. The van der Waals surface area contributed by atoms with Gasteiger partial charge in [0.2, 0.25) is 0 Å². The van der Waals surface area contributed by atoms with Gasteiger partial charge in [0.15, 0.2) is 6.04 Å². The summed E-state index contributed by atoms with van der Waals surface area (Å²) in [5.74, 6) is -2.07. The molecular formula is C31H26N6Na2O7S. The number of hydrazone groups is 1. The molecule has 1 heterocycles. The predicted octanol–water partition coefficient (Wildman–Crippen LogP) is 6.15. The molecule has 13 nitrogen and oxygen atoms in total. The largest absolute Gasteiger partial charge is 0.507 e. The molecule has 0 saturated heterocycles. The quantitative estimate of drug-likeness (QED) is 0.113.